The van der Waals surface area contributed by atoms with Crippen molar-refractivity contribution < 1.29 is 8.42 Å². The van der Waals surface area contributed by atoms with Gasteiger partial charge in [-0.25, -0.2) is 8.42 Å². The maximum atomic E-state index is 12.3. The normalized spacial score (nSPS) is 18.2. The third-order valence-electron chi connectivity index (χ3n) is 2.93. The first-order valence-corrected chi connectivity index (χ1v) is 6.96. The lowest BCUT2D eigenvalue weighted by Gasteiger charge is -2.27. The van der Waals surface area contributed by atoms with Crippen LogP contribution in [0.3, 0.4) is 0 Å². The van der Waals surface area contributed by atoms with Crippen LogP contribution in [0.1, 0.15) is 12.8 Å². The van der Waals surface area contributed by atoms with Crippen molar-refractivity contribution in [3.8, 4) is 0 Å². The second-order valence-electron chi connectivity index (χ2n) is 4.23. The van der Waals surface area contributed by atoms with Crippen LogP contribution in [-0.4, -0.2) is 25.8 Å². The fourth-order valence-electron chi connectivity index (χ4n) is 1.87. The molecule has 1 fully saturated rings. The van der Waals surface area contributed by atoms with Crippen molar-refractivity contribution in [2.45, 2.75) is 17.7 Å². The van der Waals surface area contributed by atoms with Crippen molar-refractivity contribution in [2.24, 2.45) is 0 Å². The van der Waals surface area contributed by atoms with Gasteiger partial charge in [0.1, 0.15) is 0 Å². The molecule has 0 aliphatic carbocycles. The average Bonchev–Trinajstić information content (AvgIpc) is 2.29. The van der Waals surface area contributed by atoms with Crippen molar-refractivity contribution in [3.63, 3.8) is 0 Å². The van der Waals surface area contributed by atoms with E-state index in [4.69, 9.17) is 5.73 Å². The van der Waals surface area contributed by atoms with Gasteiger partial charge in [0.15, 0.2) is 0 Å². The summed E-state index contributed by atoms with van der Waals surface area (Å²) >= 11 is 0. The van der Waals surface area contributed by atoms with E-state index in [1.165, 1.54) is 10.4 Å². The predicted octanol–water partition coefficient (Wildman–Crippen LogP) is 1.61. The highest BCUT2D eigenvalue weighted by Gasteiger charge is 2.26. The third kappa shape index (κ3) is 2.50. The fourth-order valence-corrected chi connectivity index (χ4v) is 3.36. The topological polar surface area (TPSA) is 63.4 Å². The first-order chi connectivity index (χ1) is 8.00. The summed E-state index contributed by atoms with van der Waals surface area (Å²) in [5.41, 5.74) is 7.19. The Hall–Kier alpha value is -1.33. The van der Waals surface area contributed by atoms with Crippen molar-refractivity contribution in [1.82, 2.24) is 4.31 Å². The molecule has 2 rings (SSSR count). The monoisotopic (exact) mass is 252 g/mol. The van der Waals surface area contributed by atoms with Crippen LogP contribution in [0.2, 0.25) is 0 Å². The molecule has 0 spiro atoms. The SMILES string of the molecule is C=C1CCN(S(=O)(=O)c2cccc(N)c2)CC1. The first-order valence-electron chi connectivity index (χ1n) is 5.52. The molecule has 0 saturated carbocycles. The molecule has 1 aliphatic rings. The van der Waals surface area contributed by atoms with Crippen LogP contribution in [-0.2, 0) is 10.0 Å². The van der Waals surface area contributed by atoms with Crippen LogP contribution in [0.15, 0.2) is 41.3 Å². The minimum Gasteiger partial charge on any atom is -0.399 e. The zero-order valence-corrected chi connectivity index (χ0v) is 10.4. The maximum Gasteiger partial charge on any atom is 0.243 e. The quantitative estimate of drug-likeness (QED) is 0.642. The number of hydrogen-bond donors (Lipinski definition) is 1. The van der Waals surface area contributed by atoms with Crippen molar-refractivity contribution >= 4 is 15.7 Å². The fraction of sp³-hybridized carbons (Fsp3) is 0.333. The summed E-state index contributed by atoms with van der Waals surface area (Å²) in [4.78, 5) is 0.269. The Bertz CT molecular complexity index is 527. The van der Waals surface area contributed by atoms with Gasteiger partial charge in [-0.15, -0.1) is 0 Å². The van der Waals surface area contributed by atoms with E-state index >= 15 is 0 Å². The second-order valence-corrected chi connectivity index (χ2v) is 6.16. The largest absolute Gasteiger partial charge is 0.399 e. The summed E-state index contributed by atoms with van der Waals surface area (Å²) in [5.74, 6) is 0. The van der Waals surface area contributed by atoms with Crippen LogP contribution in [0.25, 0.3) is 0 Å². The van der Waals surface area contributed by atoms with Gasteiger partial charge in [-0.2, -0.15) is 4.31 Å². The summed E-state index contributed by atoms with van der Waals surface area (Å²) in [6.45, 7) is 4.90. The van der Waals surface area contributed by atoms with Crippen LogP contribution >= 0.6 is 0 Å². The molecule has 1 saturated heterocycles. The standard InChI is InChI=1S/C12H16N2O2S/c1-10-5-7-14(8-6-10)17(15,16)12-4-2-3-11(13)9-12/h2-4,9H,1,5-8,13H2. The number of anilines is 1. The summed E-state index contributed by atoms with van der Waals surface area (Å²) in [5, 5.41) is 0. The zero-order chi connectivity index (χ0) is 12.5. The molecule has 0 atom stereocenters. The number of nitrogens with zero attached hydrogens (tertiary/aromatic N) is 1. The minimum atomic E-state index is -3.40. The average molecular weight is 252 g/mol. The van der Waals surface area contributed by atoms with Gasteiger partial charge in [0.25, 0.3) is 0 Å². The summed E-state index contributed by atoms with van der Waals surface area (Å²) in [6.07, 6.45) is 1.48. The number of rotatable bonds is 2. The molecule has 4 nitrogen and oxygen atoms in total. The first kappa shape index (κ1) is 12.1. The predicted molar refractivity (Wildman–Crippen MR) is 68.0 cm³/mol. The molecule has 0 bridgehead atoms. The lowest BCUT2D eigenvalue weighted by Crippen LogP contribution is -2.36. The Morgan fingerprint density at radius 1 is 1.24 bits per heavy atom. The molecule has 2 N–H and O–H groups in total. The minimum absolute atomic E-state index is 0.269. The van der Waals surface area contributed by atoms with E-state index in [-0.39, 0.29) is 4.90 Å². The zero-order valence-electron chi connectivity index (χ0n) is 9.59. The smallest absolute Gasteiger partial charge is 0.243 e. The molecule has 0 unspecified atom stereocenters. The van der Waals surface area contributed by atoms with E-state index in [1.807, 2.05) is 0 Å². The Morgan fingerprint density at radius 2 is 1.88 bits per heavy atom. The van der Waals surface area contributed by atoms with E-state index in [0.717, 1.165) is 18.4 Å². The summed E-state index contributed by atoms with van der Waals surface area (Å²) in [6, 6.07) is 6.41. The summed E-state index contributed by atoms with van der Waals surface area (Å²) < 4.78 is 26.1. The van der Waals surface area contributed by atoms with E-state index in [1.54, 1.807) is 18.2 Å². The number of benzene rings is 1. The van der Waals surface area contributed by atoms with Crippen molar-refractivity contribution in [1.29, 1.82) is 0 Å². The van der Waals surface area contributed by atoms with E-state index in [0.29, 0.717) is 18.8 Å². The van der Waals surface area contributed by atoms with Gasteiger partial charge in [-0.05, 0) is 31.0 Å². The van der Waals surface area contributed by atoms with Crippen LogP contribution < -0.4 is 5.73 Å². The number of sulfonamides is 1. The molecular weight excluding hydrogens is 236 g/mol. The van der Waals surface area contributed by atoms with E-state index < -0.39 is 10.0 Å². The number of piperidine rings is 1. The molecule has 5 heteroatoms. The molecule has 17 heavy (non-hydrogen) atoms. The number of hydrogen-bond acceptors (Lipinski definition) is 3. The van der Waals surface area contributed by atoms with Crippen LogP contribution in [0.5, 0.6) is 0 Å². The second kappa shape index (κ2) is 4.50. The maximum absolute atomic E-state index is 12.3. The van der Waals surface area contributed by atoms with Crippen molar-refractivity contribution in [2.75, 3.05) is 18.8 Å². The third-order valence-corrected chi connectivity index (χ3v) is 4.82. The highest BCUT2D eigenvalue weighted by Crippen LogP contribution is 2.23. The Kier molecular flexibility index (Phi) is 3.22. The van der Waals surface area contributed by atoms with Crippen LogP contribution in [0, 0.1) is 0 Å². The molecular formula is C12H16N2O2S. The van der Waals surface area contributed by atoms with Gasteiger partial charge in [0, 0.05) is 18.8 Å². The lowest BCUT2D eigenvalue weighted by atomic mass is 10.1. The van der Waals surface area contributed by atoms with E-state index in [9.17, 15) is 8.42 Å². The van der Waals surface area contributed by atoms with Gasteiger partial charge < -0.3 is 5.73 Å². The highest BCUT2D eigenvalue weighted by molar-refractivity contribution is 7.89. The Labute approximate surface area is 102 Å². The molecule has 1 heterocycles. The highest BCUT2D eigenvalue weighted by atomic mass is 32.2. The molecule has 1 aromatic rings. The Morgan fingerprint density at radius 3 is 2.47 bits per heavy atom. The number of nitrogens with two attached hydrogens (primary N) is 1. The van der Waals surface area contributed by atoms with Gasteiger partial charge in [-0.3, -0.25) is 0 Å². The molecule has 92 valence electrons. The lowest BCUT2D eigenvalue weighted by molar-refractivity contribution is 0.387. The summed E-state index contributed by atoms with van der Waals surface area (Å²) in [7, 11) is -3.40. The molecule has 0 amide bonds. The van der Waals surface area contributed by atoms with E-state index in [2.05, 4.69) is 6.58 Å². The van der Waals surface area contributed by atoms with Crippen molar-refractivity contribution in [3.05, 3.63) is 36.4 Å². The van der Waals surface area contributed by atoms with Gasteiger partial charge in [0.05, 0.1) is 4.90 Å². The Balaban J connectivity index is 2.27. The van der Waals surface area contributed by atoms with Crippen LogP contribution in [0.4, 0.5) is 5.69 Å². The molecule has 1 aromatic carbocycles. The van der Waals surface area contributed by atoms with Gasteiger partial charge >= 0.3 is 0 Å². The van der Waals surface area contributed by atoms with Gasteiger partial charge in [0.2, 0.25) is 10.0 Å². The number of nitrogen functional groups attached to an aromatic ring is 1. The molecule has 0 radical (unpaired) electrons. The molecule has 0 aromatic heterocycles. The van der Waals surface area contributed by atoms with Gasteiger partial charge in [-0.1, -0.05) is 18.2 Å². The molecule has 1 aliphatic heterocycles.